The van der Waals surface area contributed by atoms with Gasteiger partial charge in [-0.25, -0.2) is 0 Å². The Kier molecular flexibility index (Phi) is 6.25. The molecule has 3 heteroatoms. The first-order valence-corrected chi connectivity index (χ1v) is 7.43. The van der Waals surface area contributed by atoms with Crippen LogP contribution >= 0.6 is 0 Å². The Bertz CT molecular complexity index is 520. The fraction of sp³-hybridized carbons (Fsp3) is 0.333. The third-order valence-electron chi connectivity index (χ3n) is 3.22. The maximum absolute atomic E-state index is 5.64. The van der Waals surface area contributed by atoms with E-state index in [1.165, 1.54) is 11.1 Å². The lowest BCUT2D eigenvalue weighted by molar-refractivity contribution is 0.101. The molecule has 21 heavy (non-hydrogen) atoms. The van der Waals surface area contributed by atoms with E-state index in [9.17, 15) is 0 Å². The number of benzene rings is 2. The van der Waals surface area contributed by atoms with Crippen LogP contribution < -0.4 is 10.5 Å². The first-order valence-electron chi connectivity index (χ1n) is 7.43. The normalized spacial score (nSPS) is 10.6. The molecule has 0 bridgehead atoms. The van der Waals surface area contributed by atoms with E-state index in [0.717, 1.165) is 24.3 Å². The van der Waals surface area contributed by atoms with E-state index in [4.69, 9.17) is 15.2 Å². The zero-order valence-corrected chi connectivity index (χ0v) is 12.5. The van der Waals surface area contributed by atoms with Gasteiger partial charge in [0.2, 0.25) is 0 Å². The van der Waals surface area contributed by atoms with Gasteiger partial charge in [-0.15, -0.1) is 0 Å². The third-order valence-corrected chi connectivity index (χ3v) is 3.22. The van der Waals surface area contributed by atoms with Crippen molar-refractivity contribution in [3.63, 3.8) is 0 Å². The molecule has 0 aromatic heterocycles. The Morgan fingerprint density at radius 2 is 1.43 bits per heavy atom. The highest BCUT2D eigenvalue weighted by Crippen LogP contribution is 2.22. The van der Waals surface area contributed by atoms with Crippen LogP contribution in [0.4, 0.5) is 0 Å². The minimum Gasteiger partial charge on any atom is -0.491 e. The summed E-state index contributed by atoms with van der Waals surface area (Å²) in [5.74, 6) is 0.873. The largest absolute Gasteiger partial charge is 0.491 e. The molecule has 0 radical (unpaired) electrons. The van der Waals surface area contributed by atoms with Crippen LogP contribution in [0.1, 0.15) is 18.9 Å². The van der Waals surface area contributed by atoms with Crippen molar-refractivity contribution in [2.45, 2.75) is 19.9 Å². The zero-order chi connectivity index (χ0) is 14.9. The lowest BCUT2D eigenvalue weighted by atomic mass is 10.0. The number of rotatable bonds is 8. The summed E-state index contributed by atoms with van der Waals surface area (Å²) in [5, 5.41) is 0. The molecule has 0 aliphatic heterocycles. The molecule has 0 spiro atoms. The van der Waals surface area contributed by atoms with E-state index >= 15 is 0 Å². The maximum Gasteiger partial charge on any atom is 0.119 e. The van der Waals surface area contributed by atoms with Crippen LogP contribution in [0.2, 0.25) is 0 Å². The molecule has 0 unspecified atom stereocenters. The van der Waals surface area contributed by atoms with E-state index in [-0.39, 0.29) is 0 Å². The predicted molar refractivity (Wildman–Crippen MR) is 86.4 cm³/mol. The van der Waals surface area contributed by atoms with Gasteiger partial charge in [-0.3, -0.25) is 0 Å². The Morgan fingerprint density at radius 1 is 0.810 bits per heavy atom. The van der Waals surface area contributed by atoms with Crippen molar-refractivity contribution in [3.8, 4) is 16.9 Å². The molecule has 0 saturated carbocycles. The van der Waals surface area contributed by atoms with Gasteiger partial charge >= 0.3 is 0 Å². The lowest BCUT2D eigenvalue weighted by Gasteiger charge is -2.08. The number of hydrogen-bond acceptors (Lipinski definition) is 3. The summed E-state index contributed by atoms with van der Waals surface area (Å²) in [6.07, 6.45) is 1.04. The van der Waals surface area contributed by atoms with Crippen LogP contribution in [0, 0.1) is 0 Å². The number of ether oxygens (including phenoxy) is 2. The smallest absolute Gasteiger partial charge is 0.119 e. The molecule has 2 rings (SSSR count). The molecule has 0 aliphatic carbocycles. The summed E-state index contributed by atoms with van der Waals surface area (Å²) >= 11 is 0. The van der Waals surface area contributed by atoms with Gasteiger partial charge in [-0.05, 0) is 35.2 Å². The monoisotopic (exact) mass is 285 g/mol. The number of nitrogens with two attached hydrogens (primary N) is 1. The van der Waals surface area contributed by atoms with E-state index in [2.05, 4.69) is 43.3 Å². The molecule has 0 fully saturated rings. The highest BCUT2D eigenvalue weighted by Gasteiger charge is 1.99. The van der Waals surface area contributed by atoms with Crippen LogP contribution in [0.3, 0.4) is 0 Å². The van der Waals surface area contributed by atoms with Crippen LogP contribution in [-0.4, -0.2) is 19.8 Å². The summed E-state index contributed by atoms with van der Waals surface area (Å²) in [5.41, 5.74) is 9.11. The molecule has 0 heterocycles. The standard InChI is InChI=1S/C18H23NO2/c1-2-11-20-12-13-21-18-9-7-17(8-10-18)16-5-3-15(14-19)4-6-16/h3-10H,2,11-14,19H2,1H3. The fourth-order valence-electron chi connectivity index (χ4n) is 2.04. The SMILES string of the molecule is CCCOCCOc1ccc(-c2ccc(CN)cc2)cc1. The van der Waals surface area contributed by atoms with Crippen LogP contribution in [0.5, 0.6) is 5.75 Å². The lowest BCUT2D eigenvalue weighted by Crippen LogP contribution is -2.06. The second kappa shape index (κ2) is 8.45. The molecule has 0 aliphatic rings. The predicted octanol–water partition coefficient (Wildman–Crippen LogP) is 3.62. The van der Waals surface area contributed by atoms with Crippen molar-refractivity contribution in [1.82, 2.24) is 0 Å². The highest BCUT2D eigenvalue weighted by molar-refractivity contribution is 5.64. The quantitative estimate of drug-likeness (QED) is 0.753. The Morgan fingerprint density at radius 3 is 2.00 bits per heavy atom. The molecular weight excluding hydrogens is 262 g/mol. The molecule has 2 aromatic rings. The van der Waals surface area contributed by atoms with Crippen LogP contribution in [0.25, 0.3) is 11.1 Å². The summed E-state index contributed by atoms with van der Waals surface area (Å²) < 4.78 is 11.0. The fourth-order valence-corrected chi connectivity index (χ4v) is 2.04. The van der Waals surface area contributed by atoms with Gasteiger partial charge in [0.15, 0.2) is 0 Å². The van der Waals surface area contributed by atoms with E-state index < -0.39 is 0 Å². The van der Waals surface area contributed by atoms with Crippen molar-refractivity contribution >= 4 is 0 Å². The Balaban J connectivity index is 1.88. The molecule has 0 saturated heterocycles. The molecule has 0 amide bonds. The minimum atomic E-state index is 0.577. The first-order chi connectivity index (χ1) is 10.3. The van der Waals surface area contributed by atoms with Gasteiger partial charge in [-0.1, -0.05) is 43.3 Å². The van der Waals surface area contributed by atoms with E-state index in [1.54, 1.807) is 0 Å². The molecule has 0 atom stereocenters. The second-order valence-corrected chi connectivity index (χ2v) is 4.89. The molecule has 3 nitrogen and oxygen atoms in total. The summed E-state index contributed by atoms with van der Waals surface area (Å²) in [4.78, 5) is 0. The highest BCUT2D eigenvalue weighted by atomic mass is 16.5. The minimum absolute atomic E-state index is 0.577. The average molecular weight is 285 g/mol. The van der Waals surface area contributed by atoms with Gasteiger partial charge in [0.1, 0.15) is 12.4 Å². The van der Waals surface area contributed by atoms with Crippen LogP contribution in [0.15, 0.2) is 48.5 Å². The molecule has 2 aromatic carbocycles. The molecule has 2 N–H and O–H groups in total. The van der Waals surface area contributed by atoms with Crippen molar-refractivity contribution in [3.05, 3.63) is 54.1 Å². The van der Waals surface area contributed by atoms with Gasteiger partial charge in [0.25, 0.3) is 0 Å². The molecule has 112 valence electrons. The average Bonchev–Trinajstić information content (AvgIpc) is 2.55. The van der Waals surface area contributed by atoms with Gasteiger partial charge < -0.3 is 15.2 Å². The van der Waals surface area contributed by atoms with Gasteiger partial charge in [0.05, 0.1) is 6.61 Å². The Hall–Kier alpha value is -1.84. The second-order valence-electron chi connectivity index (χ2n) is 4.89. The van der Waals surface area contributed by atoms with E-state index in [0.29, 0.717) is 19.8 Å². The topological polar surface area (TPSA) is 44.5 Å². The van der Waals surface area contributed by atoms with Crippen molar-refractivity contribution < 1.29 is 9.47 Å². The van der Waals surface area contributed by atoms with Crippen molar-refractivity contribution in [2.24, 2.45) is 5.73 Å². The summed E-state index contributed by atoms with van der Waals surface area (Å²) in [6.45, 7) is 4.69. The molecular formula is C18H23NO2. The van der Waals surface area contributed by atoms with Crippen molar-refractivity contribution in [2.75, 3.05) is 19.8 Å². The van der Waals surface area contributed by atoms with Gasteiger partial charge in [-0.2, -0.15) is 0 Å². The Labute approximate surface area is 126 Å². The van der Waals surface area contributed by atoms with Gasteiger partial charge in [0, 0.05) is 13.2 Å². The van der Waals surface area contributed by atoms with E-state index in [1.807, 2.05) is 12.1 Å². The van der Waals surface area contributed by atoms with Crippen LogP contribution in [-0.2, 0) is 11.3 Å². The third kappa shape index (κ3) is 4.88. The first kappa shape index (κ1) is 15.5. The summed E-state index contributed by atoms with van der Waals surface area (Å²) in [6, 6.07) is 16.4. The number of hydrogen-bond donors (Lipinski definition) is 1. The zero-order valence-electron chi connectivity index (χ0n) is 12.5. The summed E-state index contributed by atoms with van der Waals surface area (Å²) in [7, 11) is 0. The van der Waals surface area contributed by atoms with Crippen molar-refractivity contribution in [1.29, 1.82) is 0 Å². The maximum atomic E-state index is 5.64.